The monoisotopic (exact) mass is 319 g/mol. The molecule has 0 fully saturated rings. The van der Waals surface area contributed by atoms with Gasteiger partial charge in [0.25, 0.3) is 5.91 Å². The lowest BCUT2D eigenvalue weighted by molar-refractivity contribution is 0.0951. The van der Waals surface area contributed by atoms with Crippen molar-refractivity contribution in [2.24, 2.45) is 0 Å². The van der Waals surface area contributed by atoms with Crippen LogP contribution in [0, 0.1) is 5.82 Å². The highest BCUT2D eigenvalue weighted by atomic mass is 19.1. The van der Waals surface area contributed by atoms with Crippen molar-refractivity contribution in [1.29, 1.82) is 0 Å². The minimum Gasteiger partial charge on any atom is -0.353 e. The van der Waals surface area contributed by atoms with Gasteiger partial charge in [-0.1, -0.05) is 18.2 Å². The van der Waals surface area contributed by atoms with E-state index in [1.807, 2.05) is 18.2 Å². The van der Waals surface area contributed by atoms with Crippen LogP contribution in [0.3, 0.4) is 0 Å². The summed E-state index contributed by atoms with van der Waals surface area (Å²) in [5.41, 5.74) is 3.10. The molecule has 0 saturated heterocycles. The molecule has 2 heterocycles. The van der Waals surface area contributed by atoms with E-state index in [0.29, 0.717) is 5.56 Å². The fourth-order valence-corrected chi connectivity index (χ4v) is 2.83. The number of benzene rings is 2. The second-order valence-corrected chi connectivity index (χ2v) is 5.62. The van der Waals surface area contributed by atoms with E-state index >= 15 is 0 Å². The van der Waals surface area contributed by atoms with Crippen LogP contribution in [0.1, 0.15) is 15.9 Å². The van der Waals surface area contributed by atoms with Gasteiger partial charge in [0.1, 0.15) is 5.82 Å². The average molecular weight is 319 g/mol. The van der Waals surface area contributed by atoms with E-state index in [4.69, 9.17) is 0 Å². The van der Waals surface area contributed by atoms with Gasteiger partial charge in [-0.2, -0.15) is 0 Å². The van der Waals surface area contributed by atoms with Crippen LogP contribution < -0.4 is 5.32 Å². The molecule has 0 unspecified atom stereocenters. The normalized spacial score (nSPS) is 11.0. The van der Waals surface area contributed by atoms with Crippen molar-refractivity contribution in [2.75, 3.05) is 0 Å². The maximum absolute atomic E-state index is 13.2. The first-order valence-electron chi connectivity index (χ1n) is 7.59. The Kier molecular flexibility index (Phi) is 3.46. The summed E-state index contributed by atoms with van der Waals surface area (Å²) in [4.78, 5) is 19.7. The van der Waals surface area contributed by atoms with Gasteiger partial charge in [0.2, 0.25) is 0 Å². The Morgan fingerprint density at radius 3 is 2.83 bits per heavy atom. The number of hydrogen-bond acceptors (Lipinski definition) is 2. The number of nitrogens with one attached hydrogen (secondary N) is 2. The quantitative estimate of drug-likeness (QED) is 0.604. The number of rotatable bonds is 3. The number of aromatic nitrogens is 2. The third-order valence-corrected chi connectivity index (χ3v) is 4.00. The van der Waals surface area contributed by atoms with Crippen molar-refractivity contribution in [3.63, 3.8) is 0 Å². The SMILES string of the molecule is O=C(NCc1cccc(F)c1)c1ccc2c(c1)[nH]c1cnccc12. The second-order valence-electron chi connectivity index (χ2n) is 5.62. The lowest BCUT2D eigenvalue weighted by atomic mass is 10.1. The number of hydrogen-bond donors (Lipinski definition) is 2. The Hall–Kier alpha value is -3.21. The van der Waals surface area contributed by atoms with Gasteiger partial charge in [0.05, 0.1) is 11.7 Å². The molecule has 4 nitrogen and oxygen atoms in total. The summed E-state index contributed by atoms with van der Waals surface area (Å²) in [6, 6.07) is 13.7. The standard InChI is InChI=1S/C19H14FN3O/c20-14-3-1-2-12(8-14)10-22-19(24)13-4-5-15-16-6-7-21-11-18(16)23-17(15)9-13/h1-9,11,23H,10H2,(H,22,24). The van der Waals surface area contributed by atoms with Crippen molar-refractivity contribution in [3.8, 4) is 0 Å². The molecule has 4 aromatic rings. The minimum atomic E-state index is -0.310. The van der Waals surface area contributed by atoms with Gasteiger partial charge in [0, 0.05) is 34.6 Å². The number of pyridine rings is 1. The molecule has 4 rings (SSSR count). The van der Waals surface area contributed by atoms with Gasteiger partial charge < -0.3 is 10.3 Å². The van der Waals surface area contributed by atoms with Crippen molar-refractivity contribution in [3.05, 3.63) is 77.9 Å². The maximum Gasteiger partial charge on any atom is 0.251 e. The number of halogens is 1. The molecule has 24 heavy (non-hydrogen) atoms. The van der Waals surface area contributed by atoms with Crippen molar-refractivity contribution in [2.45, 2.75) is 6.54 Å². The van der Waals surface area contributed by atoms with E-state index in [2.05, 4.69) is 15.3 Å². The van der Waals surface area contributed by atoms with Gasteiger partial charge in [-0.3, -0.25) is 9.78 Å². The lowest BCUT2D eigenvalue weighted by Crippen LogP contribution is -2.22. The molecule has 0 atom stereocenters. The third kappa shape index (κ3) is 2.60. The molecule has 0 saturated carbocycles. The Bertz CT molecular complexity index is 1050. The highest BCUT2D eigenvalue weighted by Gasteiger charge is 2.09. The zero-order chi connectivity index (χ0) is 16.5. The van der Waals surface area contributed by atoms with E-state index in [1.165, 1.54) is 12.1 Å². The van der Waals surface area contributed by atoms with Crippen LogP contribution in [0.2, 0.25) is 0 Å². The molecule has 0 spiro atoms. The van der Waals surface area contributed by atoms with E-state index in [0.717, 1.165) is 27.4 Å². The van der Waals surface area contributed by atoms with Gasteiger partial charge in [0.15, 0.2) is 0 Å². The maximum atomic E-state index is 13.2. The van der Waals surface area contributed by atoms with E-state index in [1.54, 1.807) is 30.6 Å². The number of nitrogens with zero attached hydrogens (tertiary/aromatic N) is 1. The van der Waals surface area contributed by atoms with E-state index in [9.17, 15) is 9.18 Å². The summed E-state index contributed by atoms with van der Waals surface area (Å²) in [6.45, 7) is 0.283. The van der Waals surface area contributed by atoms with Gasteiger partial charge in [-0.15, -0.1) is 0 Å². The molecule has 118 valence electrons. The summed E-state index contributed by atoms with van der Waals surface area (Å²) in [7, 11) is 0. The van der Waals surface area contributed by atoms with Crippen molar-refractivity contribution < 1.29 is 9.18 Å². The van der Waals surface area contributed by atoms with Crippen LogP contribution >= 0.6 is 0 Å². The van der Waals surface area contributed by atoms with Gasteiger partial charge in [-0.25, -0.2) is 4.39 Å². The van der Waals surface area contributed by atoms with Crippen LogP contribution in [0.5, 0.6) is 0 Å². The van der Waals surface area contributed by atoms with Crippen LogP contribution in [0.4, 0.5) is 4.39 Å². The van der Waals surface area contributed by atoms with E-state index < -0.39 is 0 Å². The molecule has 0 bridgehead atoms. The molecule has 0 radical (unpaired) electrons. The van der Waals surface area contributed by atoms with Crippen LogP contribution in [-0.4, -0.2) is 15.9 Å². The Morgan fingerprint density at radius 1 is 1.08 bits per heavy atom. The predicted molar refractivity (Wildman–Crippen MR) is 91.2 cm³/mol. The molecule has 0 aliphatic carbocycles. The molecular formula is C19H14FN3O. The number of H-pyrrole nitrogens is 1. The molecular weight excluding hydrogens is 305 g/mol. The first kappa shape index (κ1) is 14.4. The van der Waals surface area contributed by atoms with Gasteiger partial charge in [-0.05, 0) is 35.9 Å². The minimum absolute atomic E-state index is 0.196. The Labute approximate surface area is 137 Å². The van der Waals surface area contributed by atoms with Crippen LogP contribution in [0.15, 0.2) is 60.9 Å². The largest absolute Gasteiger partial charge is 0.353 e. The number of aromatic amines is 1. The summed E-state index contributed by atoms with van der Waals surface area (Å²) < 4.78 is 13.2. The van der Waals surface area contributed by atoms with Crippen LogP contribution in [-0.2, 0) is 6.54 Å². The number of carbonyl (C=O) groups excluding carboxylic acids is 1. The summed E-state index contributed by atoms with van der Waals surface area (Å²) in [5, 5.41) is 4.93. The fraction of sp³-hybridized carbons (Fsp3) is 0.0526. The van der Waals surface area contributed by atoms with Crippen LogP contribution in [0.25, 0.3) is 21.8 Å². The number of fused-ring (bicyclic) bond motifs is 3. The van der Waals surface area contributed by atoms with Gasteiger partial charge >= 0.3 is 0 Å². The molecule has 0 aliphatic rings. The number of amides is 1. The average Bonchev–Trinajstić information content (AvgIpc) is 2.97. The zero-order valence-corrected chi connectivity index (χ0v) is 12.7. The predicted octanol–water partition coefficient (Wildman–Crippen LogP) is 3.79. The third-order valence-electron chi connectivity index (χ3n) is 4.00. The van der Waals surface area contributed by atoms with Crippen molar-refractivity contribution >= 4 is 27.7 Å². The Morgan fingerprint density at radius 2 is 1.96 bits per heavy atom. The first-order valence-corrected chi connectivity index (χ1v) is 7.59. The Balaban J connectivity index is 1.59. The highest BCUT2D eigenvalue weighted by molar-refractivity contribution is 6.09. The molecule has 2 aromatic heterocycles. The van der Waals surface area contributed by atoms with Crippen molar-refractivity contribution in [1.82, 2.24) is 15.3 Å². The highest BCUT2D eigenvalue weighted by Crippen LogP contribution is 2.25. The summed E-state index contributed by atoms with van der Waals surface area (Å²) in [5.74, 6) is -0.507. The molecule has 2 N–H and O–H groups in total. The molecule has 2 aromatic carbocycles. The smallest absolute Gasteiger partial charge is 0.251 e. The fourth-order valence-electron chi connectivity index (χ4n) is 2.83. The summed E-state index contributed by atoms with van der Waals surface area (Å²) >= 11 is 0. The molecule has 1 amide bonds. The number of carbonyl (C=O) groups is 1. The lowest BCUT2D eigenvalue weighted by Gasteiger charge is -2.06. The topological polar surface area (TPSA) is 57.8 Å². The molecule has 5 heteroatoms. The summed E-state index contributed by atoms with van der Waals surface area (Å²) in [6.07, 6.45) is 3.51. The second kappa shape index (κ2) is 5.77. The van der Waals surface area contributed by atoms with E-state index in [-0.39, 0.29) is 18.3 Å². The first-order chi connectivity index (χ1) is 11.7. The zero-order valence-electron chi connectivity index (χ0n) is 12.7. The molecule has 0 aliphatic heterocycles.